The van der Waals surface area contributed by atoms with Crippen LogP contribution in [0.4, 0.5) is 0 Å². The average Bonchev–Trinajstić information content (AvgIpc) is 2.89. The first kappa shape index (κ1) is 17.6. The second kappa shape index (κ2) is 10.3. The van der Waals surface area contributed by atoms with Crippen LogP contribution in [0.5, 0.6) is 0 Å². The van der Waals surface area contributed by atoms with Gasteiger partial charge in [-0.2, -0.15) is 0 Å². The van der Waals surface area contributed by atoms with Crippen molar-refractivity contribution in [3.63, 3.8) is 0 Å². The van der Waals surface area contributed by atoms with Gasteiger partial charge in [-0.1, -0.05) is 6.92 Å². The number of methoxy groups -OCH3 is 2. The van der Waals surface area contributed by atoms with Crippen molar-refractivity contribution in [1.29, 1.82) is 0 Å². The molecule has 5 heteroatoms. The van der Waals surface area contributed by atoms with Gasteiger partial charge in [0, 0.05) is 49.6 Å². The fourth-order valence-corrected chi connectivity index (χ4v) is 3.07. The average molecular weight is 300 g/mol. The van der Waals surface area contributed by atoms with Gasteiger partial charge < -0.3 is 14.8 Å². The standard InChI is InChI=1S/C15H28N2O2S/c1-5-16-10-14-6-7-15(20-14)11-17(8-9-18-3)13(2)12-19-4/h6-7,13,16H,5,8-12H2,1-4H3. The van der Waals surface area contributed by atoms with Gasteiger partial charge in [0.1, 0.15) is 0 Å². The van der Waals surface area contributed by atoms with Gasteiger partial charge in [0.2, 0.25) is 0 Å². The second-order valence-corrected chi connectivity index (χ2v) is 6.17. The summed E-state index contributed by atoms with van der Waals surface area (Å²) in [5, 5.41) is 3.37. The number of thiophene rings is 1. The molecule has 1 unspecified atom stereocenters. The molecule has 0 aromatic carbocycles. The molecular weight excluding hydrogens is 272 g/mol. The molecule has 0 bridgehead atoms. The van der Waals surface area contributed by atoms with E-state index in [1.54, 1.807) is 14.2 Å². The van der Waals surface area contributed by atoms with E-state index in [0.29, 0.717) is 6.04 Å². The largest absolute Gasteiger partial charge is 0.383 e. The molecule has 0 aliphatic heterocycles. The maximum atomic E-state index is 5.27. The molecule has 1 aromatic heterocycles. The van der Waals surface area contributed by atoms with Crippen LogP contribution in [-0.4, -0.2) is 51.5 Å². The smallest absolute Gasteiger partial charge is 0.0615 e. The van der Waals surface area contributed by atoms with E-state index in [2.05, 4.69) is 36.2 Å². The van der Waals surface area contributed by atoms with Gasteiger partial charge in [-0.25, -0.2) is 0 Å². The summed E-state index contributed by atoms with van der Waals surface area (Å²) >= 11 is 1.88. The highest BCUT2D eigenvalue weighted by Gasteiger charge is 2.15. The van der Waals surface area contributed by atoms with Gasteiger partial charge in [0.05, 0.1) is 13.2 Å². The lowest BCUT2D eigenvalue weighted by Gasteiger charge is -2.27. The molecule has 0 saturated carbocycles. The molecule has 1 atom stereocenters. The molecule has 1 rings (SSSR count). The van der Waals surface area contributed by atoms with E-state index in [1.807, 2.05) is 11.3 Å². The lowest BCUT2D eigenvalue weighted by Crippen LogP contribution is -2.37. The molecule has 20 heavy (non-hydrogen) atoms. The minimum Gasteiger partial charge on any atom is -0.383 e. The van der Waals surface area contributed by atoms with E-state index >= 15 is 0 Å². The molecular formula is C15H28N2O2S. The van der Waals surface area contributed by atoms with Gasteiger partial charge in [0.25, 0.3) is 0 Å². The van der Waals surface area contributed by atoms with Crippen molar-refractivity contribution in [1.82, 2.24) is 10.2 Å². The number of hydrogen-bond donors (Lipinski definition) is 1. The highest BCUT2D eigenvalue weighted by Crippen LogP contribution is 2.19. The normalized spacial score (nSPS) is 13.1. The quantitative estimate of drug-likeness (QED) is 0.680. The highest BCUT2D eigenvalue weighted by atomic mass is 32.1. The molecule has 116 valence electrons. The maximum absolute atomic E-state index is 5.27. The summed E-state index contributed by atoms with van der Waals surface area (Å²) in [5.41, 5.74) is 0. The van der Waals surface area contributed by atoms with Gasteiger partial charge >= 0.3 is 0 Å². The van der Waals surface area contributed by atoms with Gasteiger partial charge in [-0.3, -0.25) is 4.90 Å². The second-order valence-electron chi connectivity index (χ2n) is 4.92. The SMILES string of the molecule is CCNCc1ccc(CN(CCOC)C(C)COC)s1. The zero-order valence-electron chi connectivity index (χ0n) is 13.1. The van der Waals surface area contributed by atoms with E-state index in [1.165, 1.54) is 9.75 Å². The maximum Gasteiger partial charge on any atom is 0.0615 e. The van der Waals surface area contributed by atoms with E-state index in [4.69, 9.17) is 9.47 Å². The first-order chi connectivity index (χ1) is 9.71. The Bertz CT molecular complexity index is 357. The van der Waals surface area contributed by atoms with Crippen molar-refractivity contribution in [3.05, 3.63) is 21.9 Å². The molecule has 1 aromatic rings. The van der Waals surface area contributed by atoms with E-state index < -0.39 is 0 Å². The van der Waals surface area contributed by atoms with Crippen molar-refractivity contribution in [3.8, 4) is 0 Å². The lowest BCUT2D eigenvalue weighted by molar-refractivity contribution is 0.0711. The van der Waals surface area contributed by atoms with E-state index in [0.717, 1.165) is 39.4 Å². The Morgan fingerprint density at radius 1 is 1.25 bits per heavy atom. The third-order valence-corrected chi connectivity index (χ3v) is 4.31. The van der Waals surface area contributed by atoms with Crippen LogP contribution in [0, 0.1) is 0 Å². The summed E-state index contributed by atoms with van der Waals surface area (Å²) < 4.78 is 10.5. The van der Waals surface area contributed by atoms with Gasteiger partial charge in [-0.15, -0.1) is 11.3 Å². The molecule has 0 spiro atoms. The van der Waals surface area contributed by atoms with Crippen LogP contribution < -0.4 is 5.32 Å². The molecule has 0 aliphatic rings. The summed E-state index contributed by atoms with van der Waals surface area (Å²) in [6, 6.07) is 4.85. The highest BCUT2D eigenvalue weighted by molar-refractivity contribution is 7.11. The number of hydrogen-bond acceptors (Lipinski definition) is 5. The van der Waals surface area contributed by atoms with Crippen molar-refractivity contribution in [2.24, 2.45) is 0 Å². The summed E-state index contributed by atoms with van der Waals surface area (Å²) in [5.74, 6) is 0. The predicted molar refractivity (Wildman–Crippen MR) is 85.3 cm³/mol. The number of rotatable bonds is 11. The molecule has 0 fully saturated rings. The minimum atomic E-state index is 0.398. The predicted octanol–water partition coefficient (Wildman–Crippen LogP) is 2.34. The van der Waals surface area contributed by atoms with Crippen LogP contribution in [0.2, 0.25) is 0 Å². The molecule has 1 heterocycles. The molecule has 4 nitrogen and oxygen atoms in total. The minimum absolute atomic E-state index is 0.398. The molecule has 0 saturated heterocycles. The van der Waals surface area contributed by atoms with Crippen LogP contribution in [0.25, 0.3) is 0 Å². The third-order valence-electron chi connectivity index (χ3n) is 3.24. The zero-order valence-corrected chi connectivity index (χ0v) is 14.0. The first-order valence-electron chi connectivity index (χ1n) is 7.21. The monoisotopic (exact) mass is 300 g/mol. The van der Waals surface area contributed by atoms with Crippen LogP contribution in [0.1, 0.15) is 23.6 Å². The van der Waals surface area contributed by atoms with Crippen molar-refractivity contribution in [2.45, 2.75) is 33.0 Å². The molecule has 0 aliphatic carbocycles. The summed E-state index contributed by atoms with van der Waals surface area (Å²) in [6.45, 7) is 9.71. The summed E-state index contributed by atoms with van der Waals surface area (Å²) in [6.07, 6.45) is 0. The van der Waals surface area contributed by atoms with Crippen LogP contribution in [0.3, 0.4) is 0 Å². The van der Waals surface area contributed by atoms with Crippen molar-refractivity contribution < 1.29 is 9.47 Å². The van der Waals surface area contributed by atoms with E-state index in [9.17, 15) is 0 Å². The van der Waals surface area contributed by atoms with Gasteiger partial charge in [-0.05, 0) is 25.6 Å². The van der Waals surface area contributed by atoms with E-state index in [-0.39, 0.29) is 0 Å². The molecule has 0 amide bonds. The topological polar surface area (TPSA) is 33.7 Å². The third kappa shape index (κ3) is 6.33. The van der Waals surface area contributed by atoms with Crippen molar-refractivity contribution in [2.75, 3.05) is 40.5 Å². The number of nitrogens with zero attached hydrogens (tertiary/aromatic N) is 1. The Morgan fingerprint density at radius 2 is 2.00 bits per heavy atom. The zero-order chi connectivity index (χ0) is 14.8. The lowest BCUT2D eigenvalue weighted by atomic mass is 10.2. The Morgan fingerprint density at radius 3 is 2.65 bits per heavy atom. The summed E-state index contributed by atoms with van der Waals surface area (Å²) in [4.78, 5) is 5.21. The Kier molecular flexibility index (Phi) is 9.05. The number of nitrogens with one attached hydrogen (secondary N) is 1. The van der Waals surface area contributed by atoms with Gasteiger partial charge in [0.15, 0.2) is 0 Å². The van der Waals surface area contributed by atoms with Crippen LogP contribution >= 0.6 is 11.3 Å². The Labute approximate surface area is 127 Å². The Balaban J connectivity index is 2.56. The van der Waals surface area contributed by atoms with Crippen molar-refractivity contribution >= 4 is 11.3 Å². The number of ether oxygens (including phenoxy) is 2. The Hall–Kier alpha value is -0.460. The fourth-order valence-electron chi connectivity index (χ4n) is 2.06. The fraction of sp³-hybridized carbons (Fsp3) is 0.733. The van der Waals surface area contributed by atoms with Crippen LogP contribution in [0.15, 0.2) is 12.1 Å². The molecule has 0 radical (unpaired) electrons. The summed E-state index contributed by atoms with van der Waals surface area (Å²) in [7, 11) is 3.50. The first-order valence-corrected chi connectivity index (χ1v) is 8.03. The van der Waals surface area contributed by atoms with Crippen LogP contribution in [-0.2, 0) is 22.6 Å². The molecule has 1 N–H and O–H groups in total.